The van der Waals surface area contributed by atoms with Gasteiger partial charge in [-0.2, -0.15) is 5.10 Å². The smallest absolute Gasteiger partial charge is 0.178 e. The molecule has 2 rings (SSSR count). The molecule has 7 heteroatoms. The molecule has 1 heterocycles. The van der Waals surface area contributed by atoms with Gasteiger partial charge in [-0.25, -0.2) is 12.8 Å². The number of nitrogens with zero attached hydrogens (tertiary/aromatic N) is 2. The molecule has 5 nitrogen and oxygen atoms in total. The van der Waals surface area contributed by atoms with Gasteiger partial charge in [0.25, 0.3) is 0 Å². The van der Waals surface area contributed by atoms with E-state index in [1.807, 2.05) is 0 Å². The van der Waals surface area contributed by atoms with Crippen molar-refractivity contribution >= 4 is 15.7 Å². The minimum atomic E-state index is -3.61. The molecule has 0 unspecified atom stereocenters. The molecule has 0 radical (unpaired) electrons. The zero-order valence-corrected chi connectivity index (χ0v) is 10.7. The molecule has 0 bridgehead atoms. The van der Waals surface area contributed by atoms with Crippen LogP contribution >= 0.6 is 0 Å². The lowest BCUT2D eigenvalue weighted by Crippen LogP contribution is -2.02. The van der Waals surface area contributed by atoms with Gasteiger partial charge in [0.05, 0.1) is 5.69 Å². The average molecular weight is 269 g/mol. The van der Waals surface area contributed by atoms with E-state index in [1.54, 1.807) is 7.05 Å². The lowest BCUT2D eigenvalue weighted by molar-refractivity contribution is 0.572. The van der Waals surface area contributed by atoms with Crippen LogP contribution in [0.15, 0.2) is 29.2 Å². The normalized spacial score (nSPS) is 11.7. The molecule has 0 spiro atoms. The van der Waals surface area contributed by atoms with Gasteiger partial charge in [0.2, 0.25) is 0 Å². The minimum absolute atomic E-state index is 0.116. The molecule has 2 N–H and O–H groups in total. The van der Waals surface area contributed by atoms with Gasteiger partial charge in [-0.1, -0.05) is 6.07 Å². The quantitative estimate of drug-likeness (QED) is 0.889. The van der Waals surface area contributed by atoms with Crippen LogP contribution in [0.3, 0.4) is 0 Å². The molecule has 1 aromatic carbocycles. The van der Waals surface area contributed by atoms with Crippen molar-refractivity contribution in [1.82, 2.24) is 9.78 Å². The number of hydrogen-bond acceptors (Lipinski definition) is 4. The molecule has 0 atom stereocenters. The molecule has 0 fully saturated rings. The molecule has 0 aliphatic carbocycles. The van der Waals surface area contributed by atoms with Crippen molar-refractivity contribution < 1.29 is 12.8 Å². The maximum atomic E-state index is 14.1. The van der Waals surface area contributed by atoms with Crippen LogP contribution in [-0.2, 0) is 16.9 Å². The second kappa shape index (κ2) is 4.09. The molecule has 0 saturated heterocycles. The first kappa shape index (κ1) is 12.6. The third-order valence-electron chi connectivity index (χ3n) is 2.55. The van der Waals surface area contributed by atoms with Crippen molar-refractivity contribution in [3.8, 4) is 11.3 Å². The zero-order chi connectivity index (χ0) is 13.5. The molecule has 2 aromatic rings. The lowest BCUT2D eigenvalue weighted by atomic mass is 10.1. The SMILES string of the molecule is Cn1nc(-c2cccc(S(C)(=O)=O)c2F)cc1N. The Balaban J connectivity index is 2.67. The predicted molar refractivity (Wildman–Crippen MR) is 66.1 cm³/mol. The molecule has 0 saturated carbocycles. The van der Waals surface area contributed by atoms with E-state index in [4.69, 9.17) is 5.73 Å². The third kappa shape index (κ3) is 2.08. The first-order valence-corrected chi connectivity index (χ1v) is 6.98. The minimum Gasteiger partial charge on any atom is -0.384 e. The van der Waals surface area contributed by atoms with Crippen LogP contribution < -0.4 is 5.73 Å². The topological polar surface area (TPSA) is 78.0 Å². The number of hydrogen-bond donors (Lipinski definition) is 1. The van der Waals surface area contributed by atoms with Crippen molar-refractivity contribution in [2.75, 3.05) is 12.0 Å². The van der Waals surface area contributed by atoms with Gasteiger partial charge in [0.15, 0.2) is 15.7 Å². The van der Waals surface area contributed by atoms with E-state index in [9.17, 15) is 12.8 Å². The Bertz CT molecular complexity index is 688. The Labute approximate surface area is 104 Å². The maximum Gasteiger partial charge on any atom is 0.178 e. The highest BCUT2D eigenvalue weighted by Crippen LogP contribution is 2.27. The third-order valence-corrected chi connectivity index (χ3v) is 3.67. The van der Waals surface area contributed by atoms with Crippen molar-refractivity contribution in [3.05, 3.63) is 30.1 Å². The summed E-state index contributed by atoms with van der Waals surface area (Å²) in [7, 11) is -1.99. The van der Waals surface area contributed by atoms with E-state index >= 15 is 0 Å². The van der Waals surface area contributed by atoms with Crippen molar-refractivity contribution in [1.29, 1.82) is 0 Å². The molecule has 0 aliphatic rings. The highest BCUT2D eigenvalue weighted by atomic mass is 32.2. The summed E-state index contributed by atoms with van der Waals surface area (Å²) >= 11 is 0. The van der Waals surface area contributed by atoms with Crippen molar-refractivity contribution in [2.45, 2.75) is 4.90 Å². The summed E-state index contributed by atoms with van der Waals surface area (Å²) in [6, 6.07) is 5.65. The summed E-state index contributed by atoms with van der Waals surface area (Å²) in [5.41, 5.74) is 6.03. The van der Waals surface area contributed by atoms with Crippen molar-refractivity contribution in [3.63, 3.8) is 0 Å². The number of halogens is 1. The fraction of sp³-hybridized carbons (Fsp3) is 0.182. The summed E-state index contributed by atoms with van der Waals surface area (Å²) in [5.74, 6) is -0.438. The maximum absolute atomic E-state index is 14.1. The molecule has 0 amide bonds. The van der Waals surface area contributed by atoms with Gasteiger partial charge in [-0.15, -0.1) is 0 Å². The zero-order valence-electron chi connectivity index (χ0n) is 9.88. The Kier molecular flexibility index (Phi) is 2.86. The largest absolute Gasteiger partial charge is 0.384 e. The van der Waals surface area contributed by atoms with Crippen LogP contribution in [0.4, 0.5) is 10.2 Å². The predicted octanol–water partition coefficient (Wildman–Crippen LogP) is 1.21. The van der Waals surface area contributed by atoms with E-state index in [-0.39, 0.29) is 10.5 Å². The summed E-state index contributed by atoms with van der Waals surface area (Å²) in [6.07, 6.45) is 0.960. The second-order valence-corrected chi connectivity index (χ2v) is 5.95. The lowest BCUT2D eigenvalue weighted by Gasteiger charge is -2.04. The number of aromatic nitrogens is 2. The highest BCUT2D eigenvalue weighted by Gasteiger charge is 2.19. The molecular weight excluding hydrogens is 257 g/mol. The Morgan fingerprint density at radius 3 is 2.56 bits per heavy atom. The van der Waals surface area contributed by atoms with Gasteiger partial charge in [-0.05, 0) is 12.1 Å². The first-order valence-electron chi connectivity index (χ1n) is 5.09. The summed E-state index contributed by atoms with van der Waals surface area (Å²) in [5, 5.41) is 4.02. The summed E-state index contributed by atoms with van der Waals surface area (Å²) in [4.78, 5) is -0.343. The monoisotopic (exact) mass is 269 g/mol. The van der Waals surface area contributed by atoms with Gasteiger partial charge >= 0.3 is 0 Å². The number of benzene rings is 1. The Morgan fingerprint density at radius 1 is 1.39 bits per heavy atom. The molecule has 96 valence electrons. The fourth-order valence-electron chi connectivity index (χ4n) is 1.61. The van der Waals surface area contributed by atoms with E-state index < -0.39 is 15.7 Å². The van der Waals surface area contributed by atoms with Gasteiger partial charge < -0.3 is 5.73 Å². The van der Waals surface area contributed by atoms with E-state index in [2.05, 4.69) is 5.10 Å². The molecular formula is C11H12FN3O2S. The van der Waals surface area contributed by atoms with Crippen LogP contribution in [0.2, 0.25) is 0 Å². The van der Waals surface area contributed by atoms with E-state index in [0.717, 1.165) is 6.26 Å². The number of nitrogens with two attached hydrogens (primary N) is 1. The van der Waals surface area contributed by atoms with Crippen LogP contribution in [0, 0.1) is 5.82 Å². The van der Waals surface area contributed by atoms with Gasteiger partial charge in [0, 0.05) is 24.9 Å². The Hall–Kier alpha value is -1.89. The number of nitrogen functional groups attached to an aromatic ring is 1. The fourth-order valence-corrected chi connectivity index (χ4v) is 2.37. The summed E-state index contributed by atoms with van der Waals surface area (Å²) in [6.45, 7) is 0. The first-order chi connectivity index (χ1) is 8.30. The Morgan fingerprint density at radius 2 is 2.06 bits per heavy atom. The average Bonchev–Trinajstić information content (AvgIpc) is 2.57. The molecule has 1 aromatic heterocycles. The highest BCUT2D eigenvalue weighted by molar-refractivity contribution is 7.90. The molecule has 18 heavy (non-hydrogen) atoms. The van der Waals surface area contributed by atoms with Gasteiger partial charge in [-0.3, -0.25) is 4.68 Å². The van der Waals surface area contributed by atoms with Crippen LogP contribution in [-0.4, -0.2) is 24.5 Å². The van der Waals surface area contributed by atoms with Crippen molar-refractivity contribution in [2.24, 2.45) is 7.05 Å². The number of sulfone groups is 1. The van der Waals surface area contributed by atoms with Crippen LogP contribution in [0.25, 0.3) is 11.3 Å². The van der Waals surface area contributed by atoms with Crippen LogP contribution in [0.1, 0.15) is 0 Å². The standard InChI is InChI=1S/C11H12FN3O2S/c1-15-10(13)6-8(14-15)7-4-3-5-9(11(7)12)18(2,16)17/h3-6H,13H2,1-2H3. The van der Waals surface area contributed by atoms with Gasteiger partial charge in [0.1, 0.15) is 10.7 Å². The second-order valence-electron chi connectivity index (χ2n) is 3.97. The van der Waals surface area contributed by atoms with E-state index in [0.29, 0.717) is 11.5 Å². The van der Waals surface area contributed by atoms with Crippen LogP contribution in [0.5, 0.6) is 0 Å². The summed E-state index contributed by atoms with van der Waals surface area (Å²) < 4.78 is 38.4. The number of aryl methyl sites for hydroxylation is 1. The number of rotatable bonds is 2. The number of anilines is 1. The van der Waals surface area contributed by atoms with E-state index in [1.165, 1.54) is 28.9 Å². The molecule has 0 aliphatic heterocycles.